The standard InChI is InChI=1S/C17H19N3O5/c1-8(21)13-12-7-11(14(16(23)24)20(12)15(13)22)9-4-3-5-10(6-9)19-17(25)18-2/h3-6,8,12-13,21H,7H2,1-2H3,(H,23,24)(H2,18,19,25)/t8-,12-,13+/m1/s1. The second-order valence-corrected chi connectivity index (χ2v) is 6.16. The van der Waals surface area contributed by atoms with Crippen molar-refractivity contribution in [2.24, 2.45) is 5.92 Å². The molecule has 1 fully saturated rings. The van der Waals surface area contributed by atoms with Crippen LogP contribution in [0.15, 0.2) is 30.0 Å². The Labute approximate surface area is 144 Å². The molecule has 0 radical (unpaired) electrons. The molecule has 3 rings (SSSR count). The maximum absolute atomic E-state index is 12.2. The van der Waals surface area contributed by atoms with Gasteiger partial charge in [-0.1, -0.05) is 12.1 Å². The van der Waals surface area contributed by atoms with Crippen molar-refractivity contribution < 1.29 is 24.6 Å². The second-order valence-electron chi connectivity index (χ2n) is 6.16. The molecule has 0 unspecified atom stereocenters. The highest BCUT2D eigenvalue weighted by molar-refractivity contribution is 6.06. The fourth-order valence-electron chi connectivity index (χ4n) is 3.51. The lowest BCUT2D eigenvalue weighted by molar-refractivity contribution is -0.161. The zero-order valence-electron chi connectivity index (χ0n) is 13.8. The Morgan fingerprint density at radius 1 is 1.36 bits per heavy atom. The number of hydrogen-bond acceptors (Lipinski definition) is 4. The highest BCUT2D eigenvalue weighted by Crippen LogP contribution is 2.47. The number of carboxylic acids is 1. The fraction of sp³-hybridized carbons (Fsp3) is 0.353. The van der Waals surface area contributed by atoms with E-state index in [1.165, 1.54) is 18.9 Å². The van der Waals surface area contributed by atoms with Crippen LogP contribution in [-0.2, 0) is 9.59 Å². The van der Waals surface area contributed by atoms with Crippen LogP contribution >= 0.6 is 0 Å². The van der Waals surface area contributed by atoms with Crippen LogP contribution in [0.3, 0.4) is 0 Å². The number of aliphatic carboxylic acids is 1. The van der Waals surface area contributed by atoms with E-state index in [2.05, 4.69) is 10.6 Å². The SMILES string of the molecule is CNC(=O)Nc1cccc(C2=C(C(=O)O)N3C(=O)[C@@H]([C@@H](C)O)[C@H]3C2)c1. The molecule has 0 spiro atoms. The molecule has 132 valence electrons. The molecule has 3 atom stereocenters. The first-order valence-corrected chi connectivity index (χ1v) is 7.92. The van der Waals surface area contributed by atoms with Crippen LogP contribution < -0.4 is 10.6 Å². The van der Waals surface area contributed by atoms with E-state index in [4.69, 9.17) is 0 Å². The van der Waals surface area contributed by atoms with Crippen molar-refractivity contribution in [3.63, 3.8) is 0 Å². The van der Waals surface area contributed by atoms with E-state index in [0.29, 0.717) is 23.2 Å². The summed E-state index contributed by atoms with van der Waals surface area (Å²) in [5.41, 5.74) is 1.61. The monoisotopic (exact) mass is 345 g/mol. The molecule has 8 heteroatoms. The number of carbonyl (C=O) groups excluding carboxylic acids is 2. The molecule has 1 aromatic rings. The van der Waals surface area contributed by atoms with Gasteiger partial charge in [-0.25, -0.2) is 9.59 Å². The van der Waals surface area contributed by atoms with Crippen LogP contribution in [0.1, 0.15) is 18.9 Å². The van der Waals surface area contributed by atoms with Crippen LogP contribution in [0.5, 0.6) is 0 Å². The Morgan fingerprint density at radius 2 is 2.08 bits per heavy atom. The van der Waals surface area contributed by atoms with Gasteiger partial charge in [-0.2, -0.15) is 0 Å². The molecule has 2 aliphatic rings. The van der Waals surface area contributed by atoms with Gasteiger partial charge in [0.15, 0.2) is 0 Å². The summed E-state index contributed by atoms with van der Waals surface area (Å²) in [4.78, 5) is 36.7. The first kappa shape index (κ1) is 17.0. The van der Waals surface area contributed by atoms with Crippen molar-refractivity contribution >= 4 is 29.2 Å². The second kappa shape index (κ2) is 6.21. The van der Waals surface area contributed by atoms with Crippen molar-refractivity contribution in [2.45, 2.75) is 25.5 Å². The number of carbonyl (C=O) groups is 3. The van der Waals surface area contributed by atoms with Crippen LogP contribution in [0.4, 0.5) is 10.5 Å². The minimum absolute atomic E-state index is 0.0519. The van der Waals surface area contributed by atoms with Gasteiger partial charge in [0.1, 0.15) is 5.70 Å². The maximum atomic E-state index is 12.2. The number of anilines is 1. The van der Waals surface area contributed by atoms with Crippen LogP contribution in [0.25, 0.3) is 5.57 Å². The van der Waals surface area contributed by atoms with Gasteiger partial charge in [0.2, 0.25) is 5.91 Å². The van der Waals surface area contributed by atoms with Gasteiger partial charge in [0, 0.05) is 12.7 Å². The topological polar surface area (TPSA) is 119 Å². The Balaban J connectivity index is 1.96. The molecule has 3 amide bonds. The summed E-state index contributed by atoms with van der Waals surface area (Å²) in [5, 5.41) is 24.4. The molecule has 0 aliphatic carbocycles. The number of β-lactam (4-membered cyclic amide) rings is 1. The van der Waals surface area contributed by atoms with E-state index < -0.39 is 18.0 Å². The zero-order valence-corrected chi connectivity index (χ0v) is 13.8. The third kappa shape index (κ3) is 2.74. The Kier molecular flexibility index (Phi) is 4.22. The third-order valence-corrected chi connectivity index (χ3v) is 4.63. The molecule has 25 heavy (non-hydrogen) atoms. The molecule has 4 N–H and O–H groups in total. The number of carboxylic acid groups (broad SMARTS) is 1. The van der Waals surface area contributed by atoms with Gasteiger partial charge in [-0.3, -0.25) is 4.79 Å². The third-order valence-electron chi connectivity index (χ3n) is 4.63. The zero-order chi connectivity index (χ0) is 18.3. The molecule has 1 saturated heterocycles. The maximum Gasteiger partial charge on any atom is 0.352 e. The average Bonchev–Trinajstić information content (AvgIpc) is 2.89. The largest absolute Gasteiger partial charge is 0.477 e. The highest BCUT2D eigenvalue weighted by Gasteiger charge is 2.56. The van der Waals surface area contributed by atoms with Crippen molar-refractivity contribution in [1.82, 2.24) is 10.2 Å². The Morgan fingerprint density at radius 3 is 2.68 bits per heavy atom. The van der Waals surface area contributed by atoms with Gasteiger partial charge in [-0.05, 0) is 36.6 Å². The minimum atomic E-state index is -1.18. The van der Waals surface area contributed by atoms with Gasteiger partial charge >= 0.3 is 12.0 Å². The molecule has 2 aliphatic heterocycles. The fourth-order valence-corrected chi connectivity index (χ4v) is 3.51. The van der Waals surface area contributed by atoms with Gasteiger partial charge in [0.05, 0.1) is 18.1 Å². The summed E-state index contributed by atoms with van der Waals surface area (Å²) in [5.74, 6) is -2.13. The molecular formula is C17H19N3O5. The predicted octanol–water partition coefficient (Wildman–Crippen LogP) is 0.845. The molecule has 2 heterocycles. The lowest BCUT2D eigenvalue weighted by atomic mass is 9.82. The van der Waals surface area contributed by atoms with E-state index in [9.17, 15) is 24.6 Å². The number of urea groups is 1. The molecule has 0 saturated carbocycles. The molecule has 0 aromatic heterocycles. The van der Waals surface area contributed by atoms with E-state index in [1.54, 1.807) is 24.3 Å². The van der Waals surface area contributed by atoms with Crippen molar-refractivity contribution in [3.8, 4) is 0 Å². The van der Waals surface area contributed by atoms with Gasteiger partial charge in [-0.15, -0.1) is 0 Å². The summed E-state index contributed by atoms with van der Waals surface area (Å²) in [6, 6.07) is 6.07. The first-order chi connectivity index (χ1) is 11.8. The lowest BCUT2D eigenvalue weighted by Gasteiger charge is -2.44. The van der Waals surface area contributed by atoms with Crippen molar-refractivity contribution in [2.75, 3.05) is 12.4 Å². The van der Waals surface area contributed by atoms with E-state index in [0.717, 1.165) is 0 Å². The van der Waals surface area contributed by atoms with Gasteiger partial charge in [0.25, 0.3) is 0 Å². The number of aliphatic hydroxyl groups excluding tert-OH is 1. The quantitative estimate of drug-likeness (QED) is 0.603. The predicted molar refractivity (Wildman–Crippen MR) is 89.5 cm³/mol. The van der Waals surface area contributed by atoms with Crippen molar-refractivity contribution in [3.05, 3.63) is 35.5 Å². The number of amides is 3. The molecule has 8 nitrogen and oxygen atoms in total. The normalized spacial score (nSPS) is 23.0. The molecule has 1 aromatic carbocycles. The lowest BCUT2D eigenvalue weighted by Crippen LogP contribution is -2.61. The number of fused-ring (bicyclic) bond motifs is 1. The summed E-state index contributed by atoms with van der Waals surface area (Å²) >= 11 is 0. The van der Waals surface area contributed by atoms with E-state index in [1.807, 2.05) is 0 Å². The number of nitrogens with zero attached hydrogens (tertiary/aromatic N) is 1. The average molecular weight is 345 g/mol. The Bertz CT molecular complexity index is 786. The summed E-state index contributed by atoms with van der Waals surface area (Å²) in [6.45, 7) is 1.53. The van der Waals surface area contributed by atoms with E-state index >= 15 is 0 Å². The summed E-state index contributed by atoms with van der Waals surface area (Å²) < 4.78 is 0. The Hall–Kier alpha value is -2.87. The van der Waals surface area contributed by atoms with Crippen molar-refractivity contribution in [1.29, 1.82) is 0 Å². The minimum Gasteiger partial charge on any atom is -0.477 e. The highest BCUT2D eigenvalue weighted by atomic mass is 16.4. The molecule has 0 bridgehead atoms. The number of benzene rings is 1. The number of rotatable bonds is 4. The first-order valence-electron chi connectivity index (χ1n) is 7.92. The summed E-state index contributed by atoms with van der Waals surface area (Å²) in [7, 11) is 1.49. The van der Waals surface area contributed by atoms with Crippen LogP contribution in [-0.4, -0.2) is 52.2 Å². The smallest absolute Gasteiger partial charge is 0.352 e. The van der Waals surface area contributed by atoms with Crippen LogP contribution in [0.2, 0.25) is 0 Å². The molecular weight excluding hydrogens is 326 g/mol. The number of nitrogens with one attached hydrogen (secondary N) is 2. The van der Waals surface area contributed by atoms with Crippen LogP contribution in [0, 0.1) is 5.92 Å². The number of aliphatic hydroxyl groups is 1. The van der Waals surface area contributed by atoms with Gasteiger partial charge < -0.3 is 25.7 Å². The summed E-state index contributed by atoms with van der Waals surface area (Å²) in [6.07, 6.45) is -0.476. The van der Waals surface area contributed by atoms with E-state index in [-0.39, 0.29) is 23.7 Å². The number of hydrogen-bond donors (Lipinski definition) is 4.